The van der Waals surface area contributed by atoms with Crippen LogP contribution in [0.2, 0.25) is 0 Å². The Balaban J connectivity index is 2.19. The van der Waals surface area contributed by atoms with Gasteiger partial charge < -0.3 is 16.0 Å². The Labute approximate surface area is 105 Å². The molecule has 18 heavy (non-hydrogen) atoms. The van der Waals surface area contributed by atoms with Gasteiger partial charge >= 0.3 is 0 Å². The number of H-pyrrole nitrogens is 1. The van der Waals surface area contributed by atoms with Gasteiger partial charge in [0, 0.05) is 25.3 Å². The fourth-order valence-corrected chi connectivity index (χ4v) is 1.51. The number of nitrogen functional groups attached to an aromatic ring is 1. The summed E-state index contributed by atoms with van der Waals surface area (Å²) >= 11 is 0. The zero-order chi connectivity index (χ0) is 13.1. The van der Waals surface area contributed by atoms with Gasteiger partial charge in [0.05, 0.1) is 11.9 Å². The third-order valence-corrected chi connectivity index (χ3v) is 2.53. The lowest BCUT2D eigenvalue weighted by Gasteiger charge is -2.13. The summed E-state index contributed by atoms with van der Waals surface area (Å²) in [6, 6.07) is 7.32. The standard InChI is InChI=1S/C12H15N5O/c1-17(2)9-5-3-4-8(6-9)12(18)15-11-10(13)7-14-16-11/h3-7H,13H2,1-2H3,(H2,14,15,16,18). The highest BCUT2D eigenvalue weighted by atomic mass is 16.1. The van der Waals surface area contributed by atoms with Crippen LogP contribution in [0.3, 0.4) is 0 Å². The molecule has 0 fully saturated rings. The van der Waals surface area contributed by atoms with Crippen molar-refractivity contribution in [2.75, 3.05) is 30.0 Å². The number of nitrogens with two attached hydrogens (primary N) is 1. The number of carbonyl (C=O) groups is 1. The van der Waals surface area contributed by atoms with Gasteiger partial charge in [-0.05, 0) is 18.2 Å². The second-order valence-corrected chi connectivity index (χ2v) is 4.10. The van der Waals surface area contributed by atoms with E-state index in [9.17, 15) is 4.79 Å². The third kappa shape index (κ3) is 2.42. The number of anilines is 3. The van der Waals surface area contributed by atoms with Crippen LogP contribution in [0.25, 0.3) is 0 Å². The molecule has 1 heterocycles. The van der Waals surface area contributed by atoms with Crippen LogP contribution >= 0.6 is 0 Å². The van der Waals surface area contributed by atoms with E-state index in [4.69, 9.17) is 5.73 Å². The molecule has 0 aliphatic rings. The molecule has 0 unspecified atom stereocenters. The molecule has 0 saturated carbocycles. The molecule has 0 aliphatic heterocycles. The van der Waals surface area contributed by atoms with E-state index < -0.39 is 0 Å². The molecule has 2 rings (SSSR count). The molecular weight excluding hydrogens is 230 g/mol. The predicted molar refractivity (Wildman–Crippen MR) is 71.7 cm³/mol. The average Bonchev–Trinajstić information content (AvgIpc) is 2.75. The van der Waals surface area contributed by atoms with Crippen LogP contribution in [0.15, 0.2) is 30.5 Å². The Kier molecular flexibility index (Phi) is 3.18. The Morgan fingerprint density at radius 3 is 2.83 bits per heavy atom. The number of hydrogen-bond acceptors (Lipinski definition) is 4. The van der Waals surface area contributed by atoms with E-state index in [2.05, 4.69) is 15.5 Å². The number of aromatic nitrogens is 2. The molecule has 2 aromatic rings. The molecular formula is C12H15N5O. The van der Waals surface area contributed by atoms with Gasteiger partial charge in [0.25, 0.3) is 5.91 Å². The SMILES string of the molecule is CN(C)c1cccc(C(=O)Nc2[nH]ncc2N)c1. The number of carbonyl (C=O) groups excluding carboxylic acids is 1. The lowest BCUT2D eigenvalue weighted by Crippen LogP contribution is -2.15. The summed E-state index contributed by atoms with van der Waals surface area (Å²) in [6.45, 7) is 0. The average molecular weight is 245 g/mol. The van der Waals surface area contributed by atoms with Gasteiger partial charge in [-0.15, -0.1) is 0 Å². The number of nitrogens with one attached hydrogen (secondary N) is 2. The molecule has 0 aliphatic carbocycles. The summed E-state index contributed by atoms with van der Waals surface area (Å²) < 4.78 is 0. The van der Waals surface area contributed by atoms with Crippen molar-refractivity contribution in [1.29, 1.82) is 0 Å². The van der Waals surface area contributed by atoms with Crippen molar-refractivity contribution >= 4 is 23.1 Å². The normalized spacial score (nSPS) is 10.1. The number of rotatable bonds is 3. The summed E-state index contributed by atoms with van der Waals surface area (Å²) in [4.78, 5) is 13.9. The highest BCUT2D eigenvalue weighted by molar-refractivity contribution is 6.05. The van der Waals surface area contributed by atoms with Crippen LogP contribution in [0.5, 0.6) is 0 Å². The zero-order valence-electron chi connectivity index (χ0n) is 10.3. The number of amides is 1. The number of nitrogens with zero attached hydrogens (tertiary/aromatic N) is 2. The van der Waals surface area contributed by atoms with Crippen molar-refractivity contribution in [1.82, 2.24) is 10.2 Å². The Morgan fingerprint density at radius 1 is 1.44 bits per heavy atom. The highest BCUT2D eigenvalue weighted by Gasteiger charge is 2.10. The molecule has 0 spiro atoms. The monoisotopic (exact) mass is 245 g/mol. The van der Waals surface area contributed by atoms with Crippen LogP contribution < -0.4 is 16.0 Å². The van der Waals surface area contributed by atoms with E-state index in [0.29, 0.717) is 17.1 Å². The van der Waals surface area contributed by atoms with Crippen LogP contribution in [0.1, 0.15) is 10.4 Å². The minimum absolute atomic E-state index is 0.227. The Bertz CT molecular complexity index is 561. The molecule has 6 nitrogen and oxygen atoms in total. The van der Waals surface area contributed by atoms with Gasteiger partial charge in [-0.3, -0.25) is 9.89 Å². The Hall–Kier alpha value is -2.50. The largest absolute Gasteiger partial charge is 0.394 e. The zero-order valence-corrected chi connectivity index (χ0v) is 10.3. The van der Waals surface area contributed by atoms with Crippen LogP contribution in [0.4, 0.5) is 17.2 Å². The maximum Gasteiger partial charge on any atom is 0.256 e. The fraction of sp³-hybridized carbons (Fsp3) is 0.167. The van der Waals surface area contributed by atoms with Gasteiger partial charge in [-0.25, -0.2) is 0 Å². The summed E-state index contributed by atoms with van der Waals surface area (Å²) in [7, 11) is 3.84. The first-order valence-corrected chi connectivity index (χ1v) is 5.45. The lowest BCUT2D eigenvalue weighted by atomic mass is 10.2. The number of hydrogen-bond donors (Lipinski definition) is 3. The van der Waals surface area contributed by atoms with E-state index in [0.717, 1.165) is 5.69 Å². The molecule has 0 radical (unpaired) electrons. The van der Waals surface area contributed by atoms with Crippen molar-refractivity contribution in [2.45, 2.75) is 0 Å². The van der Waals surface area contributed by atoms with Crippen molar-refractivity contribution in [3.63, 3.8) is 0 Å². The minimum atomic E-state index is -0.227. The lowest BCUT2D eigenvalue weighted by molar-refractivity contribution is 0.102. The van der Waals surface area contributed by atoms with Crippen LogP contribution in [-0.2, 0) is 0 Å². The molecule has 0 bridgehead atoms. The van der Waals surface area contributed by atoms with Gasteiger partial charge in [0.15, 0.2) is 5.82 Å². The van der Waals surface area contributed by atoms with E-state index in [1.807, 2.05) is 37.2 Å². The van der Waals surface area contributed by atoms with Gasteiger partial charge in [-0.1, -0.05) is 6.07 Å². The molecule has 1 amide bonds. The molecule has 0 atom stereocenters. The Morgan fingerprint density at radius 2 is 2.22 bits per heavy atom. The number of aromatic amines is 1. The first-order valence-electron chi connectivity index (χ1n) is 5.45. The van der Waals surface area contributed by atoms with Crippen LogP contribution in [-0.4, -0.2) is 30.2 Å². The first kappa shape index (κ1) is 12.0. The minimum Gasteiger partial charge on any atom is -0.394 e. The van der Waals surface area contributed by atoms with Crippen LogP contribution in [0, 0.1) is 0 Å². The van der Waals surface area contributed by atoms with E-state index in [-0.39, 0.29) is 5.91 Å². The first-order chi connectivity index (χ1) is 8.58. The quantitative estimate of drug-likeness (QED) is 0.761. The van der Waals surface area contributed by atoms with E-state index in [1.54, 1.807) is 6.07 Å². The summed E-state index contributed by atoms with van der Waals surface area (Å²) in [5, 5.41) is 9.04. The van der Waals surface area contributed by atoms with Gasteiger partial charge in [-0.2, -0.15) is 5.10 Å². The predicted octanol–water partition coefficient (Wildman–Crippen LogP) is 1.31. The molecule has 1 aromatic carbocycles. The van der Waals surface area contributed by atoms with Gasteiger partial charge in [0.2, 0.25) is 0 Å². The molecule has 1 aromatic heterocycles. The second kappa shape index (κ2) is 4.79. The fourth-order valence-electron chi connectivity index (χ4n) is 1.51. The second-order valence-electron chi connectivity index (χ2n) is 4.10. The molecule has 0 saturated heterocycles. The highest BCUT2D eigenvalue weighted by Crippen LogP contribution is 2.17. The maximum atomic E-state index is 12.0. The molecule has 6 heteroatoms. The molecule has 94 valence electrons. The van der Waals surface area contributed by atoms with Gasteiger partial charge in [0.1, 0.15) is 0 Å². The maximum absolute atomic E-state index is 12.0. The summed E-state index contributed by atoms with van der Waals surface area (Å²) in [5.74, 6) is 0.185. The number of benzene rings is 1. The smallest absolute Gasteiger partial charge is 0.256 e. The topological polar surface area (TPSA) is 87.0 Å². The van der Waals surface area contributed by atoms with Crippen molar-refractivity contribution in [3.8, 4) is 0 Å². The third-order valence-electron chi connectivity index (χ3n) is 2.53. The molecule has 4 N–H and O–H groups in total. The van der Waals surface area contributed by atoms with E-state index in [1.165, 1.54) is 6.20 Å². The summed E-state index contributed by atoms with van der Waals surface area (Å²) in [5.41, 5.74) is 7.56. The summed E-state index contributed by atoms with van der Waals surface area (Å²) in [6.07, 6.45) is 1.45. The van der Waals surface area contributed by atoms with Crippen molar-refractivity contribution < 1.29 is 4.79 Å². The van der Waals surface area contributed by atoms with Crippen molar-refractivity contribution in [3.05, 3.63) is 36.0 Å². The van der Waals surface area contributed by atoms with Crippen molar-refractivity contribution in [2.24, 2.45) is 0 Å². The van der Waals surface area contributed by atoms with E-state index >= 15 is 0 Å².